The fourth-order valence-electron chi connectivity index (χ4n) is 2.99. The number of hydrogen-bond donors (Lipinski definition) is 1. The summed E-state index contributed by atoms with van der Waals surface area (Å²) in [6.45, 7) is 5.46. The number of nitrogens with one attached hydrogen (secondary N) is 1. The third-order valence-corrected chi connectivity index (χ3v) is 4.15. The lowest BCUT2D eigenvalue weighted by Gasteiger charge is -2.25. The highest BCUT2D eigenvalue weighted by Gasteiger charge is 2.27. The van der Waals surface area contributed by atoms with Gasteiger partial charge in [-0.1, -0.05) is 13.0 Å². The predicted octanol–water partition coefficient (Wildman–Crippen LogP) is 2.19. The molecule has 2 aliphatic heterocycles. The molecule has 2 aliphatic rings. The maximum Gasteiger partial charge on any atom is 0.125 e. The molecule has 2 heterocycles. The van der Waals surface area contributed by atoms with Crippen LogP contribution >= 0.6 is 0 Å². The van der Waals surface area contributed by atoms with Crippen molar-refractivity contribution in [2.45, 2.75) is 25.8 Å². The molecule has 0 aromatic heterocycles. The molecule has 0 spiro atoms. The third kappa shape index (κ3) is 2.04. The quantitative estimate of drug-likeness (QED) is 0.844. The Labute approximate surface area is 102 Å². The van der Waals surface area contributed by atoms with Crippen LogP contribution in [0.25, 0.3) is 0 Å². The summed E-state index contributed by atoms with van der Waals surface area (Å²) in [7, 11) is 0. The normalized spacial score (nSPS) is 27.5. The summed E-state index contributed by atoms with van der Waals surface area (Å²) in [6, 6.07) is 5.74. The number of anilines is 1. The Bertz CT molecular complexity index is 419. The van der Waals surface area contributed by atoms with Crippen LogP contribution in [0, 0.1) is 11.7 Å². The van der Waals surface area contributed by atoms with E-state index in [9.17, 15) is 4.39 Å². The molecular formula is C14H19FN2. The summed E-state index contributed by atoms with van der Waals surface area (Å²) in [4.78, 5) is 2.33. The van der Waals surface area contributed by atoms with Crippen LogP contribution < -0.4 is 10.2 Å². The molecule has 92 valence electrons. The first-order valence-electron chi connectivity index (χ1n) is 6.51. The van der Waals surface area contributed by atoms with Crippen LogP contribution in [0.2, 0.25) is 0 Å². The van der Waals surface area contributed by atoms with E-state index >= 15 is 0 Å². The number of benzene rings is 1. The average molecular weight is 234 g/mol. The molecule has 2 unspecified atom stereocenters. The number of halogens is 1. The van der Waals surface area contributed by atoms with Crippen molar-refractivity contribution in [3.8, 4) is 0 Å². The fraction of sp³-hybridized carbons (Fsp3) is 0.571. The maximum absolute atomic E-state index is 13.3. The molecule has 2 nitrogen and oxygen atoms in total. The van der Waals surface area contributed by atoms with Gasteiger partial charge in [0.25, 0.3) is 0 Å². The number of rotatable bonds is 2. The van der Waals surface area contributed by atoms with Gasteiger partial charge >= 0.3 is 0 Å². The van der Waals surface area contributed by atoms with Gasteiger partial charge in [-0.3, -0.25) is 0 Å². The van der Waals surface area contributed by atoms with E-state index in [0.29, 0.717) is 6.04 Å². The van der Waals surface area contributed by atoms with Gasteiger partial charge in [0.2, 0.25) is 0 Å². The first-order chi connectivity index (χ1) is 8.24. The molecule has 1 fully saturated rings. The summed E-state index contributed by atoms with van der Waals surface area (Å²) >= 11 is 0. The minimum Gasteiger partial charge on any atom is -0.369 e. The van der Waals surface area contributed by atoms with Gasteiger partial charge in [-0.2, -0.15) is 0 Å². The maximum atomic E-state index is 13.3. The van der Waals surface area contributed by atoms with E-state index in [-0.39, 0.29) is 5.82 Å². The molecule has 0 radical (unpaired) electrons. The van der Waals surface area contributed by atoms with E-state index in [1.165, 1.54) is 12.0 Å². The van der Waals surface area contributed by atoms with Crippen LogP contribution in [0.3, 0.4) is 0 Å². The van der Waals surface area contributed by atoms with Crippen LogP contribution in [0.5, 0.6) is 0 Å². The van der Waals surface area contributed by atoms with Crippen LogP contribution in [0.4, 0.5) is 10.1 Å². The van der Waals surface area contributed by atoms with E-state index < -0.39 is 0 Å². The minimum absolute atomic E-state index is 0.122. The standard InChI is InChI=1S/C14H19FN2/c1-10-4-6-16-13(10)9-17-7-5-11-2-3-12(15)8-14(11)17/h2-3,8,10,13,16H,4-7,9H2,1H3. The van der Waals surface area contributed by atoms with E-state index in [4.69, 9.17) is 0 Å². The Morgan fingerprint density at radius 3 is 3.12 bits per heavy atom. The SMILES string of the molecule is CC1CCNC1CN1CCc2ccc(F)cc21. The largest absolute Gasteiger partial charge is 0.369 e. The summed E-state index contributed by atoms with van der Waals surface area (Å²) < 4.78 is 13.3. The van der Waals surface area contributed by atoms with E-state index in [1.54, 1.807) is 12.1 Å². The predicted molar refractivity (Wildman–Crippen MR) is 67.9 cm³/mol. The smallest absolute Gasteiger partial charge is 0.125 e. The zero-order chi connectivity index (χ0) is 11.8. The Balaban J connectivity index is 1.76. The second-order valence-corrected chi connectivity index (χ2v) is 5.30. The van der Waals surface area contributed by atoms with Crippen molar-refractivity contribution in [2.75, 3.05) is 24.5 Å². The first kappa shape index (κ1) is 11.0. The van der Waals surface area contributed by atoms with Crippen molar-refractivity contribution >= 4 is 5.69 Å². The second kappa shape index (κ2) is 4.30. The molecule has 0 saturated carbocycles. The van der Waals surface area contributed by atoms with Crippen molar-refractivity contribution in [3.05, 3.63) is 29.6 Å². The van der Waals surface area contributed by atoms with Crippen molar-refractivity contribution < 1.29 is 4.39 Å². The van der Waals surface area contributed by atoms with Gasteiger partial charge in [0.1, 0.15) is 5.82 Å². The molecular weight excluding hydrogens is 215 g/mol. The highest BCUT2D eigenvalue weighted by molar-refractivity contribution is 5.58. The Hall–Kier alpha value is -1.09. The Morgan fingerprint density at radius 2 is 2.35 bits per heavy atom. The third-order valence-electron chi connectivity index (χ3n) is 4.15. The van der Waals surface area contributed by atoms with Gasteiger partial charge in [0.15, 0.2) is 0 Å². The molecule has 2 atom stereocenters. The number of nitrogens with zero attached hydrogens (tertiary/aromatic N) is 1. The zero-order valence-corrected chi connectivity index (χ0v) is 10.2. The Morgan fingerprint density at radius 1 is 1.47 bits per heavy atom. The van der Waals surface area contributed by atoms with Gasteiger partial charge in [-0.05, 0) is 43.0 Å². The lowest BCUT2D eigenvalue weighted by Crippen LogP contribution is -2.39. The molecule has 1 aromatic rings. The van der Waals surface area contributed by atoms with Gasteiger partial charge in [0.05, 0.1) is 0 Å². The van der Waals surface area contributed by atoms with Crippen molar-refractivity contribution in [3.63, 3.8) is 0 Å². The second-order valence-electron chi connectivity index (χ2n) is 5.30. The van der Waals surface area contributed by atoms with Crippen molar-refractivity contribution in [1.82, 2.24) is 5.32 Å². The van der Waals surface area contributed by atoms with Gasteiger partial charge < -0.3 is 10.2 Å². The van der Waals surface area contributed by atoms with Gasteiger partial charge in [0, 0.05) is 24.8 Å². The summed E-state index contributed by atoms with van der Waals surface area (Å²) in [5.74, 6) is 0.607. The summed E-state index contributed by atoms with van der Waals surface area (Å²) in [5.41, 5.74) is 2.39. The average Bonchev–Trinajstić information content (AvgIpc) is 2.88. The van der Waals surface area contributed by atoms with E-state index in [0.717, 1.165) is 37.7 Å². The monoisotopic (exact) mass is 234 g/mol. The summed E-state index contributed by atoms with van der Waals surface area (Å²) in [6.07, 6.45) is 2.31. The molecule has 1 aromatic carbocycles. The van der Waals surface area contributed by atoms with Crippen LogP contribution in [0.1, 0.15) is 18.9 Å². The van der Waals surface area contributed by atoms with Crippen LogP contribution in [0.15, 0.2) is 18.2 Å². The minimum atomic E-state index is -0.122. The molecule has 0 bridgehead atoms. The zero-order valence-electron chi connectivity index (χ0n) is 10.2. The van der Waals surface area contributed by atoms with E-state index in [1.807, 2.05) is 6.07 Å². The Kier molecular flexibility index (Phi) is 2.79. The van der Waals surface area contributed by atoms with Crippen molar-refractivity contribution in [1.29, 1.82) is 0 Å². The fourth-order valence-corrected chi connectivity index (χ4v) is 2.99. The highest BCUT2D eigenvalue weighted by atomic mass is 19.1. The molecule has 0 aliphatic carbocycles. The van der Waals surface area contributed by atoms with Gasteiger partial charge in [-0.25, -0.2) is 4.39 Å². The molecule has 17 heavy (non-hydrogen) atoms. The van der Waals surface area contributed by atoms with Crippen LogP contribution in [-0.2, 0) is 6.42 Å². The highest BCUT2D eigenvalue weighted by Crippen LogP contribution is 2.29. The number of fused-ring (bicyclic) bond motifs is 1. The van der Waals surface area contributed by atoms with Gasteiger partial charge in [-0.15, -0.1) is 0 Å². The molecule has 3 rings (SSSR count). The molecule has 0 amide bonds. The lowest BCUT2D eigenvalue weighted by molar-refractivity contribution is 0.478. The lowest BCUT2D eigenvalue weighted by atomic mass is 10.0. The van der Waals surface area contributed by atoms with Crippen LogP contribution in [-0.4, -0.2) is 25.7 Å². The molecule has 1 saturated heterocycles. The molecule has 3 heteroatoms. The van der Waals surface area contributed by atoms with Crippen molar-refractivity contribution in [2.24, 2.45) is 5.92 Å². The summed E-state index contributed by atoms with van der Waals surface area (Å²) in [5, 5.41) is 3.54. The van der Waals surface area contributed by atoms with E-state index in [2.05, 4.69) is 17.1 Å². The number of hydrogen-bond acceptors (Lipinski definition) is 2. The molecule has 1 N–H and O–H groups in total. The first-order valence-corrected chi connectivity index (χ1v) is 6.51. The topological polar surface area (TPSA) is 15.3 Å².